The molecule has 1 aliphatic rings. The summed E-state index contributed by atoms with van der Waals surface area (Å²) in [5.41, 5.74) is 1.94. The standard InChI is InChI=1S/C24H21N3O3/c1-5-27(6-2)20-9-7-17-12-18(24(28)30-23(17)14-20)8-10-21-13-19(11-16(3)29-21)22(15-25)26-4/h7-14H,5-6H2,1-3H3/b10-8+,22-19+. The van der Waals surface area contributed by atoms with Crippen LogP contribution < -0.4 is 10.5 Å². The Kier molecular flexibility index (Phi) is 6.20. The fraction of sp³-hybridized carbons (Fsp3) is 0.208. The van der Waals surface area contributed by atoms with Crippen LogP contribution in [0, 0.1) is 17.9 Å². The van der Waals surface area contributed by atoms with Gasteiger partial charge in [0.15, 0.2) is 0 Å². The largest absolute Gasteiger partial charge is 0.462 e. The summed E-state index contributed by atoms with van der Waals surface area (Å²) in [5.74, 6) is 0.982. The van der Waals surface area contributed by atoms with E-state index < -0.39 is 5.63 Å². The SMILES string of the molecule is [C-]#[N+]/C(C#N)=C1\C=C(C)OC(/C=C/c2cc3ccc(N(CC)CC)cc3oc2=O)=C1. The van der Waals surface area contributed by atoms with Crippen LogP contribution in [-0.4, -0.2) is 13.1 Å². The van der Waals surface area contributed by atoms with Gasteiger partial charge in [0, 0.05) is 30.2 Å². The van der Waals surface area contributed by atoms with Crippen LogP contribution >= 0.6 is 0 Å². The smallest absolute Gasteiger partial charge is 0.343 e. The quantitative estimate of drug-likeness (QED) is 0.394. The molecule has 0 unspecified atom stereocenters. The Morgan fingerprint density at radius 2 is 2.00 bits per heavy atom. The zero-order valence-corrected chi connectivity index (χ0v) is 17.1. The molecule has 0 saturated carbocycles. The number of rotatable bonds is 5. The van der Waals surface area contributed by atoms with Gasteiger partial charge in [-0.05, 0) is 68.8 Å². The molecule has 150 valence electrons. The van der Waals surface area contributed by atoms with Gasteiger partial charge in [-0.3, -0.25) is 0 Å². The van der Waals surface area contributed by atoms with Gasteiger partial charge < -0.3 is 14.1 Å². The van der Waals surface area contributed by atoms with Crippen molar-refractivity contribution in [1.82, 2.24) is 0 Å². The molecule has 1 aromatic carbocycles. The molecule has 0 spiro atoms. The molecule has 6 heteroatoms. The van der Waals surface area contributed by atoms with E-state index in [1.54, 1.807) is 37.3 Å². The summed E-state index contributed by atoms with van der Waals surface area (Å²) in [6.07, 6.45) is 6.46. The van der Waals surface area contributed by atoms with E-state index in [4.69, 9.17) is 21.0 Å². The average molecular weight is 399 g/mol. The minimum Gasteiger partial charge on any atom is -0.462 e. The molecule has 30 heavy (non-hydrogen) atoms. The van der Waals surface area contributed by atoms with Gasteiger partial charge in [0.2, 0.25) is 0 Å². The van der Waals surface area contributed by atoms with Gasteiger partial charge in [0.1, 0.15) is 17.1 Å². The van der Waals surface area contributed by atoms with E-state index in [1.807, 2.05) is 24.3 Å². The van der Waals surface area contributed by atoms with Crippen molar-refractivity contribution in [3.8, 4) is 6.07 Å². The Labute approximate surface area is 175 Å². The summed E-state index contributed by atoms with van der Waals surface area (Å²) in [7, 11) is 0. The Bertz CT molecular complexity index is 1230. The molecule has 0 atom stereocenters. The second-order valence-electron chi connectivity index (χ2n) is 6.65. The first-order valence-electron chi connectivity index (χ1n) is 9.59. The molecule has 2 heterocycles. The highest BCUT2D eigenvalue weighted by atomic mass is 16.5. The van der Waals surface area contributed by atoms with Gasteiger partial charge in [-0.25, -0.2) is 14.9 Å². The van der Waals surface area contributed by atoms with E-state index in [0.717, 1.165) is 24.2 Å². The first kappa shape index (κ1) is 20.7. The van der Waals surface area contributed by atoms with Crippen LogP contribution in [0.15, 0.2) is 74.5 Å². The predicted molar refractivity (Wildman–Crippen MR) is 117 cm³/mol. The van der Waals surface area contributed by atoms with Crippen LogP contribution in [0.4, 0.5) is 5.69 Å². The second-order valence-corrected chi connectivity index (χ2v) is 6.65. The van der Waals surface area contributed by atoms with E-state index in [-0.39, 0.29) is 5.70 Å². The minimum atomic E-state index is -0.450. The third-order valence-electron chi connectivity index (χ3n) is 4.73. The van der Waals surface area contributed by atoms with Crippen molar-refractivity contribution in [3.63, 3.8) is 0 Å². The number of benzene rings is 1. The Morgan fingerprint density at radius 3 is 2.67 bits per heavy atom. The van der Waals surface area contributed by atoms with Crippen LogP contribution in [0.2, 0.25) is 0 Å². The third kappa shape index (κ3) is 4.34. The molecule has 0 saturated heterocycles. The lowest BCUT2D eigenvalue weighted by atomic mass is 10.1. The van der Waals surface area contributed by atoms with Gasteiger partial charge in [0.25, 0.3) is 5.70 Å². The summed E-state index contributed by atoms with van der Waals surface area (Å²) in [6.45, 7) is 14.7. The number of anilines is 1. The molecule has 0 amide bonds. The summed E-state index contributed by atoms with van der Waals surface area (Å²) < 4.78 is 11.2. The normalized spacial score (nSPS) is 15.1. The summed E-state index contributed by atoms with van der Waals surface area (Å²) >= 11 is 0. The van der Waals surface area contributed by atoms with E-state index in [2.05, 4.69) is 23.6 Å². The molecular formula is C24H21N3O3. The van der Waals surface area contributed by atoms with Crippen LogP contribution in [0.1, 0.15) is 26.3 Å². The number of nitrogens with zero attached hydrogens (tertiary/aromatic N) is 3. The van der Waals surface area contributed by atoms with Gasteiger partial charge >= 0.3 is 5.63 Å². The minimum absolute atomic E-state index is 0.0159. The van der Waals surface area contributed by atoms with E-state index in [1.165, 1.54) is 0 Å². The highest BCUT2D eigenvalue weighted by Crippen LogP contribution is 2.24. The second kappa shape index (κ2) is 8.98. The average Bonchev–Trinajstić information content (AvgIpc) is 2.73. The molecule has 0 radical (unpaired) electrons. The van der Waals surface area contributed by atoms with Crippen molar-refractivity contribution in [3.05, 3.63) is 92.7 Å². The molecule has 0 N–H and O–H groups in total. The molecule has 2 aromatic rings. The van der Waals surface area contributed by atoms with Gasteiger partial charge in [-0.1, -0.05) is 0 Å². The maximum Gasteiger partial charge on any atom is 0.343 e. The van der Waals surface area contributed by atoms with Crippen LogP contribution in [0.5, 0.6) is 0 Å². The van der Waals surface area contributed by atoms with Crippen LogP contribution in [0.3, 0.4) is 0 Å². The van der Waals surface area contributed by atoms with Crippen LogP contribution in [-0.2, 0) is 4.74 Å². The van der Waals surface area contributed by atoms with E-state index in [0.29, 0.717) is 28.2 Å². The molecule has 1 aromatic heterocycles. The monoisotopic (exact) mass is 399 g/mol. The number of allylic oxidation sites excluding steroid dienone is 6. The van der Waals surface area contributed by atoms with Crippen molar-refractivity contribution in [2.75, 3.05) is 18.0 Å². The topological polar surface area (TPSA) is 70.8 Å². The number of nitriles is 1. The van der Waals surface area contributed by atoms with Gasteiger partial charge in [-0.2, -0.15) is 0 Å². The number of ether oxygens (including phenoxy) is 1. The van der Waals surface area contributed by atoms with Crippen molar-refractivity contribution in [2.45, 2.75) is 20.8 Å². The molecule has 0 fully saturated rings. The fourth-order valence-electron chi connectivity index (χ4n) is 3.22. The zero-order chi connectivity index (χ0) is 21.7. The molecule has 0 aliphatic carbocycles. The van der Waals surface area contributed by atoms with E-state index in [9.17, 15) is 4.79 Å². The molecular weight excluding hydrogens is 378 g/mol. The molecule has 1 aliphatic heterocycles. The first-order valence-corrected chi connectivity index (χ1v) is 9.59. The Balaban J connectivity index is 1.95. The lowest BCUT2D eigenvalue weighted by Crippen LogP contribution is -2.21. The highest BCUT2D eigenvalue weighted by Gasteiger charge is 2.11. The molecule has 6 nitrogen and oxygen atoms in total. The van der Waals surface area contributed by atoms with Gasteiger partial charge in [0.05, 0.1) is 18.2 Å². The summed E-state index contributed by atoms with van der Waals surface area (Å²) in [4.78, 5) is 17.9. The maximum absolute atomic E-state index is 12.5. The fourth-order valence-corrected chi connectivity index (χ4v) is 3.22. The number of hydrogen-bond donors (Lipinski definition) is 0. The lowest BCUT2D eigenvalue weighted by Gasteiger charge is -2.20. The van der Waals surface area contributed by atoms with Crippen molar-refractivity contribution in [2.24, 2.45) is 0 Å². The summed E-state index contributed by atoms with van der Waals surface area (Å²) in [5, 5.41) is 9.90. The van der Waals surface area contributed by atoms with Crippen LogP contribution in [0.25, 0.3) is 21.9 Å². The Hall–Kier alpha value is -4.03. The molecule has 0 bridgehead atoms. The molecule has 3 rings (SSSR count). The van der Waals surface area contributed by atoms with Crippen molar-refractivity contribution < 1.29 is 9.15 Å². The number of fused-ring (bicyclic) bond motifs is 1. The third-order valence-corrected chi connectivity index (χ3v) is 4.73. The maximum atomic E-state index is 12.5. The lowest BCUT2D eigenvalue weighted by molar-refractivity contribution is 0.318. The van der Waals surface area contributed by atoms with Gasteiger partial charge in [-0.15, -0.1) is 0 Å². The van der Waals surface area contributed by atoms with Crippen molar-refractivity contribution >= 4 is 22.7 Å². The Morgan fingerprint density at radius 1 is 1.23 bits per heavy atom. The first-order chi connectivity index (χ1) is 14.5. The van der Waals surface area contributed by atoms with Crippen molar-refractivity contribution in [1.29, 1.82) is 5.26 Å². The summed E-state index contributed by atoms with van der Waals surface area (Å²) in [6, 6.07) is 9.46. The number of hydrogen-bond acceptors (Lipinski definition) is 5. The zero-order valence-electron chi connectivity index (χ0n) is 17.1. The predicted octanol–water partition coefficient (Wildman–Crippen LogP) is 5.17. The van der Waals surface area contributed by atoms with E-state index >= 15 is 0 Å². The highest BCUT2D eigenvalue weighted by molar-refractivity contribution is 5.82.